The lowest BCUT2D eigenvalue weighted by atomic mass is 10.1. The molecule has 0 fully saturated rings. The van der Waals surface area contributed by atoms with Crippen molar-refractivity contribution < 1.29 is 10.0 Å². The third-order valence-corrected chi connectivity index (χ3v) is 2.19. The van der Waals surface area contributed by atoms with Crippen molar-refractivity contribution in [1.29, 1.82) is 0 Å². The fraction of sp³-hybridized carbons (Fsp3) is 0.818. The maximum absolute atomic E-state index is 10.3. The average molecular weight is 213 g/mol. The maximum atomic E-state index is 10.3. The van der Waals surface area contributed by atoms with Crippen LogP contribution in [0.15, 0.2) is 0 Å². The monoisotopic (exact) mass is 213 g/mol. The predicted octanol–water partition coefficient (Wildman–Crippen LogP) is 1.99. The zero-order valence-electron chi connectivity index (χ0n) is 9.40. The van der Waals surface area contributed by atoms with Gasteiger partial charge < -0.3 is 5.11 Å². The van der Waals surface area contributed by atoms with Gasteiger partial charge in [-0.1, -0.05) is 32.1 Å². The Hall–Kier alpha value is -1.08. The molecule has 0 spiro atoms. The van der Waals surface area contributed by atoms with E-state index in [0.29, 0.717) is 6.42 Å². The van der Waals surface area contributed by atoms with Crippen molar-refractivity contribution in [3.8, 4) is 11.8 Å². The van der Waals surface area contributed by atoms with E-state index < -0.39 is 17.1 Å². The Labute approximate surface area is 90.8 Å². The fourth-order valence-electron chi connectivity index (χ4n) is 1.05. The van der Waals surface area contributed by atoms with Gasteiger partial charge in [-0.25, -0.2) is 0 Å². The molecule has 0 radical (unpaired) electrons. The second-order valence-electron chi connectivity index (χ2n) is 3.60. The molecule has 86 valence electrons. The Morgan fingerprint density at radius 3 is 2.60 bits per heavy atom. The Kier molecular flexibility index (Phi) is 7.65. The summed E-state index contributed by atoms with van der Waals surface area (Å²) < 4.78 is 0. The molecule has 15 heavy (non-hydrogen) atoms. The minimum atomic E-state index is -1.15. The Morgan fingerprint density at radius 1 is 1.40 bits per heavy atom. The van der Waals surface area contributed by atoms with E-state index in [0.717, 1.165) is 12.8 Å². The Morgan fingerprint density at radius 2 is 2.07 bits per heavy atom. The van der Waals surface area contributed by atoms with Gasteiger partial charge in [-0.15, -0.1) is 5.92 Å². The average Bonchev–Trinajstić information content (AvgIpc) is 2.21. The normalized spacial score (nSPS) is 13.8. The van der Waals surface area contributed by atoms with Crippen LogP contribution in [0.1, 0.15) is 46.0 Å². The highest BCUT2D eigenvalue weighted by Crippen LogP contribution is 2.01. The summed E-state index contributed by atoms with van der Waals surface area (Å²) in [5, 5.41) is 19.6. The molecule has 0 saturated carbocycles. The van der Waals surface area contributed by atoms with Crippen molar-refractivity contribution >= 4 is 0 Å². The molecule has 4 heteroatoms. The number of nitrogens with zero attached hydrogens (tertiary/aromatic N) is 1. The SMILES string of the molecule is CCCCCCC#C[C@H](O)[C@@H](C)[N+](=O)[O-]. The van der Waals surface area contributed by atoms with Gasteiger partial charge in [-0.05, 0) is 6.42 Å². The van der Waals surface area contributed by atoms with Gasteiger partial charge in [0.2, 0.25) is 6.04 Å². The summed E-state index contributed by atoms with van der Waals surface area (Å²) in [6, 6.07) is -1.01. The van der Waals surface area contributed by atoms with E-state index in [1.54, 1.807) is 0 Å². The number of hydrogen-bond acceptors (Lipinski definition) is 3. The van der Waals surface area contributed by atoms with Crippen molar-refractivity contribution in [3.05, 3.63) is 10.1 Å². The zero-order valence-corrected chi connectivity index (χ0v) is 9.40. The molecule has 0 unspecified atom stereocenters. The van der Waals surface area contributed by atoms with Crippen LogP contribution in [0.2, 0.25) is 0 Å². The van der Waals surface area contributed by atoms with E-state index in [4.69, 9.17) is 0 Å². The number of nitro groups is 1. The van der Waals surface area contributed by atoms with Gasteiger partial charge >= 0.3 is 0 Å². The van der Waals surface area contributed by atoms with E-state index in [9.17, 15) is 15.2 Å². The lowest BCUT2D eigenvalue weighted by Crippen LogP contribution is -2.29. The van der Waals surface area contributed by atoms with E-state index in [-0.39, 0.29) is 0 Å². The van der Waals surface area contributed by atoms with Crippen LogP contribution in [0.25, 0.3) is 0 Å². The van der Waals surface area contributed by atoms with E-state index in [1.807, 2.05) is 0 Å². The molecule has 0 bridgehead atoms. The summed E-state index contributed by atoms with van der Waals surface area (Å²) in [6.45, 7) is 3.49. The number of aliphatic hydroxyl groups is 1. The number of aliphatic hydroxyl groups excluding tert-OH is 1. The predicted molar refractivity (Wildman–Crippen MR) is 59.0 cm³/mol. The van der Waals surface area contributed by atoms with Gasteiger partial charge in [-0.2, -0.15) is 0 Å². The minimum Gasteiger partial charge on any atom is -0.374 e. The number of rotatable bonds is 6. The fourth-order valence-corrected chi connectivity index (χ4v) is 1.05. The van der Waals surface area contributed by atoms with Crippen LogP contribution in [-0.4, -0.2) is 22.2 Å². The summed E-state index contributed by atoms with van der Waals surface area (Å²) in [7, 11) is 0. The third-order valence-electron chi connectivity index (χ3n) is 2.19. The van der Waals surface area contributed by atoms with Gasteiger partial charge in [0.25, 0.3) is 0 Å². The van der Waals surface area contributed by atoms with Crippen LogP contribution in [0.4, 0.5) is 0 Å². The molecule has 1 N–H and O–H groups in total. The van der Waals surface area contributed by atoms with Gasteiger partial charge in [0.05, 0.1) is 0 Å². The topological polar surface area (TPSA) is 63.4 Å². The number of hydrogen-bond donors (Lipinski definition) is 1. The molecule has 0 aliphatic carbocycles. The summed E-state index contributed by atoms with van der Waals surface area (Å²) in [6.07, 6.45) is 4.06. The molecule has 0 aliphatic heterocycles. The van der Waals surface area contributed by atoms with Crippen LogP contribution in [0.5, 0.6) is 0 Å². The molecule has 0 rings (SSSR count). The first-order chi connectivity index (χ1) is 7.09. The van der Waals surface area contributed by atoms with Crippen molar-refractivity contribution in [3.63, 3.8) is 0 Å². The zero-order chi connectivity index (χ0) is 11.7. The van der Waals surface area contributed by atoms with Gasteiger partial charge in [0.1, 0.15) is 0 Å². The van der Waals surface area contributed by atoms with Crippen LogP contribution in [0.3, 0.4) is 0 Å². The second-order valence-corrected chi connectivity index (χ2v) is 3.60. The van der Waals surface area contributed by atoms with Crippen molar-refractivity contribution in [2.45, 2.75) is 58.1 Å². The first-order valence-electron chi connectivity index (χ1n) is 5.39. The van der Waals surface area contributed by atoms with Crippen LogP contribution in [0, 0.1) is 22.0 Å². The molecule has 0 aromatic heterocycles. The Balaban J connectivity index is 3.71. The molecular formula is C11H19NO3. The van der Waals surface area contributed by atoms with E-state index in [1.165, 1.54) is 19.8 Å². The summed E-state index contributed by atoms with van der Waals surface area (Å²) in [5.74, 6) is 5.28. The molecule has 0 aromatic rings. The summed E-state index contributed by atoms with van der Waals surface area (Å²) >= 11 is 0. The van der Waals surface area contributed by atoms with Gasteiger partial charge in [0, 0.05) is 18.3 Å². The smallest absolute Gasteiger partial charge is 0.246 e. The molecular weight excluding hydrogens is 194 g/mol. The van der Waals surface area contributed by atoms with E-state index >= 15 is 0 Å². The van der Waals surface area contributed by atoms with Gasteiger partial charge in [0.15, 0.2) is 6.10 Å². The van der Waals surface area contributed by atoms with Crippen LogP contribution in [-0.2, 0) is 0 Å². The largest absolute Gasteiger partial charge is 0.374 e. The van der Waals surface area contributed by atoms with Crippen molar-refractivity contribution in [1.82, 2.24) is 0 Å². The van der Waals surface area contributed by atoms with Gasteiger partial charge in [-0.3, -0.25) is 10.1 Å². The molecule has 0 aliphatic rings. The van der Waals surface area contributed by atoms with Crippen LogP contribution < -0.4 is 0 Å². The highest BCUT2D eigenvalue weighted by molar-refractivity contribution is 5.06. The lowest BCUT2D eigenvalue weighted by Gasteiger charge is -2.04. The molecule has 2 atom stereocenters. The molecule has 0 amide bonds. The quantitative estimate of drug-likeness (QED) is 0.317. The van der Waals surface area contributed by atoms with Crippen molar-refractivity contribution in [2.75, 3.05) is 0 Å². The second kappa shape index (κ2) is 8.25. The van der Waals surface area contributed by atoms with Crippen LogP contribution >= 0.6 is 0 Å². The minimum absolute atomic E-state index is 0.517. The first-order valence-corrected chi connectivity index (χ1v) is 5.39. The standard InChI is InChI=1S/C11H19NO3/c1-3-4-5-6-7-8-9-11(13)10(2)12(14)15/h10-11,13H,3-7H2,1-2H3/t10-,11+/m1/s1. The summed E-state index contributed by atoms with van der Waals surface area (Å²) in [4.78, 5) is 9.78. The summed E-state index contributed by atoms with van der Waals surface area (Å²) in [5.41, 5.74) is 0. The molecule has 0 aromatic carbocycles. The number of unbranched alkanes of at least 4 members (excludes halogenated alkanes) is 4. The highest BCUT2D eigenvalue weighted by atomic mass is 16.6. The van der Waals surface area contributed by atoms with E-state index in [2.05, 4.69) is 18.8 Å². The Bertz CT molecular complexity index is 242. The molecule has 0 heterocycles. The maximum Gasteiger partial charge on any atom is 0.246 e. The molecule has 4 nitrogen and oxygen atoms in total. The first kappa shape index (κ1) is 13.9. The third kappa shape index (κ3) is 6.92. The highest BCUT2D eigenvalue weighted by Gasteiger charge is 2.21. The molecule has 0 saturated heterocycles. The van der Waals surface area contributed by atoms with Crippen molar-refractivity contribution in [2.24, 2.45) is 0 Å². The lowest BCUT2D eigenvalue weighted by molar-refractivity contribution is -0.526.